The summed E-state index contributed by atoms with van der Waals surface area (Å²) in [7, 11) is -4.58. The molecule has 0 bridgehead atoms. The lowest BCUT2D eigenvalue weighted by atomic mass is 10.1. The molecule has 3 atom stereocenters. The molecule has 0 radical (unpaired) electrons. The number of unbranched alkanes of at least 4 members (excludes halogenated alkanes) is 6. The van der Waals surface area contributed by atoms with E-state index in [-0.39, 0.29) is 12.8 Å². The van der Waals surface area contributed by atoms with Gasteiger partial charge in [-0.3, -0.25) is 18.6 Å². The van der Waals surface area contributed by atoms with E-state index in [0.717, 1.165) is 38.5 Å². The third-order valence-corrected chi connectivity index (χ3v) is 5.27. The lowest BCUT2D eigenvalue weighted by Gasteiger charge is -2.20. The quantitative estimate of drug-likeness (QED) is 0.138. The number of aliphatic hydroxyl groups excluding tert-OH is 2. The van der Waals surface area contributed by atoms with Crippen molar-refractivity contribution in [2.75, 3.05) is 26.4 Å². The summed E-state index contributed by atoms with van der Waals surface area (Å²) in [6, 6.07) is 0. The van der Waals surface area contributed by atoms with Crippen molar-refractivity contribution in [1.82, 2.24) is 0 Å². The standard InChI is InChI=1S/C20H39O10P/c1-3-5-7-8-10-12-20(24)30-18(14-22)16-28-31(25,26)27-15-17(13-21)29-19(23)11-9-6-4-2/h17-18,21-22H,3-16H2,1-2H3,(H,25,26). The van der Waals surface area contributed by atoms with Gasteiger partial charge in [0.2, 0.25) is 0 Å². The van der Waals surface area contributed by atoms with Gasteiger partial charge in [0.15, 0.2) is 0 Å². The van der Waals surface area contributed by atoms with Gasteiger partial charge in [-0.25, -0.2) is 4.57 Å². The average molecular weight is 470 g/mol. The molecule has 0 heterocycles. The fraction of sp³-hybridized carbons (Fsp3) is 0.900. The van der Waals surface area contributed by atoms with Crippen molar-refractivity contribution in [3.8, 4) is 0 Å². The molecule has 11 heteroatoms. The molecule has 0 saturated carbocycles. The SMILES string of the molecule is CCCCCCCC(=O)OC(CO)COP(=O)(O)OCC(CO)OC(=O)CCCCC. The topological polar surface area (TPSA) is 149 Å². The highest BCUT2D eigenvalue weighted by Crippen LogP contribution is 2.43. The molecule has 0 spiro atoms. The highest BCUT2D eigenvalue weighted by atomic mass is 31.2. The number of phosphoric ester groups is 1. The van der Waals surface area contributed by atoms with Gasteiger partial charge in [-0.05, 0) is 12.8 Å². The van der Waals surface area contributed by atoms with Crippen LogP contribution in [0.25, 0.3) is 0 Å². The van der Waals surface area contributed by atoms with Crippen LogP contribution in [0, 0.1) is 0 Å². The van der Waals surface area contributed by atoms with E-state index in [0.29, 0.717) is 12.8 Å². The van der Waals surface area contributed by atoms with Gasteiger partial charge in [0.25, 0.3) is 0 Å². The largest absolute Gasteiger partial charge is 0.472 e. The van der Waals surface area contributed by atoms with Gasteiger partial charge >= 0.3 is 19.8 Å². The molecule has 31 heavy (non-hydrogen) atoms. The molecule has 3 unspecified atom stereocenters. The Labute approximate surface area is 184 Å². The van der Waals surface area contributed by atoms with Crippen molar-refractivity contribution in [2.45, 2.75) is 90.3 Å². The molecule has 0 rings (SSSR count). The van der Waals surface area contributed by atoms with Gasteiger partial charge in [0.05, 0.1) is 26.4 Å². The zero-order chi connectivity index (χ0) is 23.5. The van der Waals surface area contributed by atoms with Crippen LogP contribution in [-0.4, -0.2) is 65.7 Å². The zero-order valence-corrected chi connectivity index (χ0v) is 19.6. The molecule has 0 fully saturated rings. The minimum atomic E-state index is -4.58. The zero-order valence-electron chi connectivity index (χ0n) is 18.7. The molecular formula is C20H39O10P. The molecule has 184 valence electrons. The van der Waals surface area contributed by atoms with Crippen LogP contribution in [0.2, 0.25) is 0 Å². The van der Waals surface area contributed by atoms with E-state index in [1.807, 2.05) is 6.92 Å². The third-order valence-electron chi connectivity index (χ3n) is 4.32. The number of rotatable bonds is 20. The summed E-state index contributed by atoms with van der Waals surface area (Å²) in [5.74, 6) is -1.06. The number of phosphoric acid groups is 1. The van der Waals surface area contributed by atoms with E-state index < -0.39 is 58.4 Å². The second-order valence-corrected chi connectivity index (χ2v) is 8.72. The number of esters is 2. The van der Waals surface area contributed by atoms with Crippen LogP contribution >= 0.6 is 7.82 Å². The first-order chi connectivity index (χ1) is 14.8. The van der Waals surface area contributed by atoms with Gasteiger partial charge in [0, 0.05) is 12.8 Å². The summed E-state index contributed by atoms with van der Waals surface area (Å²) < 4.78 is 31.5. The summed E-state index contributed by atoms with van der Waals surface area (Å²) in [4.78, 5) is 33.2. The Morgan fingerprint density at radius 1 is 0.742 bits per heavy atom. The van der Waals surface area contributed by atoms with Crippen molar-refractivity contribution in [3.63, 3.8) is 0 Å². The molecule has 0 aromatic carbocycles. The Kier molecular flexibility index (Phi) is 17.9. The summed E-state index contributed by atoms with van der Waals surface area (Å²) in [6.07, 6.45) is 5.39. The van der Waals surface area contributed by atoms with Crippen LogP contribution < -0.4 is 0 Å². The third kappa shape index (κ3) is 17.2. The van der Waals surface area contributed by atoms with Crippen molar-refractivity contribution >= 4 is 19.8 Å². The van der Waals surface area contributed by atoms with E-state index in [1.165, 1.54) is 0 Å². The van der Waals surface area contributed by atoms with Gasteiger partial charge < -0.3 is 24.6 Å². The van der Waals surface area contributed by atoms with Crippen molar-refractivity contribution in [1.29, 1.82) is 0 Å². The van der Waals surface area contributed by atoms with Gasteiger partial charge in [0.1, 0.15) is 12.2 Å². The van der Waals surface area contributed by atoms with Gasteiger partial charge in [-0.1, -0.05) is 52.4 Å². The van der Waals surface area contributed by atoms with Crippen LogP contribution in [0.4, 0.5) is 0 Å². The van der Waals surface area contributed by atoms with Crippen LogP contribution in [0.3, 0.4) is 0 Å². The minimum absolute atomic E-state index is 0.180. The summed E-state index contributed by atoms with van der Waals surface area (Å²) >= 11 is 0. The van der Waals surface area contributed by atoms with Crippen molar-refractivity contribution < 1.29 is 47.8 Å². The molecule has 0 aliphatic rings. The number of carbonyl (C=O) groups is 2. The van der Waals surface area contributed by atoms with Gasteiger partial charge in [-0.2, -0.15) is 0 Å². The monoisotopic (exact) mass is 470 g/mol. The smallest absolute Gasteiger partial charge is 0.457 e. The first-order valence-electron chi connectivity index (χ1n) is 11.0. The molecule has 3 N–H and O–H groups in total. The van der Waals surface area contributed by atoms with E-state index >= 15 is 0 Å². The Morgan fingerprint density at radius 2 is 1.13 bits per heavy atom. The second-order valence-electron chi connectivity index (χ2n) is 7.27. The summed E-state index contributed by atoms with van der Waals surface area (Å²) in [6.45, 7) is 1.81. The lowest BCUT2D eigenvalue weighted by molar-refractivity contribution is -0.153. The maximum absolute atomic E-state index is 12.0. The van der Waals surface area contributed by atoms with E-state index in [4.69, 9.17) is 18.5 Å². The number of hydrogen-bond donors (Lipinski definition) is 3. The number of aliphatic hydroxyl groups is 2. The summed E-state index contributed by atoms with van der Waals surface area (Å²) in [5, 5.41) is 18.6. The van der Waals surface area contributed by atoms with Crippen LogP contribution in [0.15, 0.2) is 0 Å². The Balaban J connectivity index is 4.26. The fourth-order valence-corrected chi connectivity index (χ4v) is 3.31. The first kappa shape index (κ1) is 30.0. The molecule has 0 aromatic rings. The van der Waals surface area contributed by atoms with E-state index in [9.17, 15) is 29.3 Å². The number of ether oxygens (including phenoxy) is 2. The highest BCUT2D eigenvalue weighted by molar-refractivity contribution is 7.47. The maximum atomic E-state index is 12.0. The average Bonchev–Trinajstić information content (AvgIpc) is 2.74. The fourth-order valence-electron chi connectivity index (χ4n) is 2.52. The van der Waals surface area contributed by atoms with Gasteiger partial charge in [-0.15, -0.1) is 0 Å². The molecule has 0 amide bonds. The molecular weight excluding hydrogens is 431 g/mol. The van der Waals surface area contributed by atoms with Crippen molar-refractivity contribution in [2.24, 2.45) is 0 Å². The molecule has 0 saturated heterocycles. The molecule has 10 nitrogen and oxygen atoms in total. The van der Waals surface area contributed by atoms with Crippen LogP contribution in [0.5, 0.6) is 0 Å². The minimum Gasteiger partial charge on any atom is -0.457 e. The van der Waals surface area contributed by atoms with E-state index in [1.54, 1.807) is 0 Å². The molecule has 0 aliphatic heterocycles. The normalized spacial score (nSPS) is 15.1. The van der Waals surface area contributed by atoms with Crippen molar-refractivity contribution in [3.05, 3.63) is 0 Å². The first-order valence-corrected chi connectivity index (χ1v) is 12.5. The highest BCUT2D eigenvalue weighted by Gasteiger charge is 2.27. The second kappa shape index (κ2) is 18.5. The predicted octanol–water partition coefficient (Wildman–Crippen LogP) is 2.87. The van der Waals surface area contributed by atoms with Crippen LogP contribution in [0.1, 0.15) is 78.1 Å². The van der Waals surface area contributed by atoms with Crippen LogP contribution in [-0.2, 0) is 32.7 Å². The molecule has 0 aromatic heterocycles. The number of hydrogen-bond acceptors (Lipinski definition) is 9. The lowest BCUT2D eigenvalue weighted by Crippen LogP contribution is -2.28. The Morgan fingerprint density at radius 3 is 1.55 bits per heavy atom. The van der Waals surface area contributed by atoms with E-state index in [2.05, 4.69) is 6.92 Å². The summed E-state index contributed by atoms with van der Waals surface area (Å²) in [5.41, 5.74) is 0. The molecule has 0 aliphatic carbocycles. The Hall–Kier alpha value is -1.03. The Bertz CT molecular complexity index is 528. The maximum Gasteiger partial charge on any atom is 0.472 e. The number of carbonyl (C=O) groups excluding carboxylic acids is 2. The predicted molar refractivity (Wildman–Crippen MR) is 113 cm³/mol.